The molecule has 1 fully saturated rings. The highest BCUT2D eigenvalue weighted by molar-refractivity contribution is 7.09. The third-order valence-electron chi connectivity index (χ3n) is 3.88. The first-order valence-corrected chi connectivity index (χ1v) is 8.38. The minimum atomic E-state index is 0.282. The van der Waals surface area contributed by atoms with Crippen LogP contribution in [0.5, 0.6) is 5.75 Å². The summed E-state index contributed by atoms with van der Waals surface area (Å²) in [4.78, 5) is 13.6. The first-order valence-electron chi connectivity index (χ1n) is 7.61. The summed E-state index contributed by atoms with van der Waals surface area (Å²) in [6.45, 7) is 8.46. The van der Waals surface area contributed by atoms with Gasteiger partial charge < -0.3 is 10.0 Å². The highest BCUT2D eigenvalue weighted by atomic mass is 32.1. The lowest BCUT2D eigenvalue weighted by Crippen LogP contribution is -2.46. The second kappa shape index (κ2) is 6.58. The molecule has 0 amide bonds. The number of hydrogen-bond acceptors (Lipinski definition) is 7. The number of hydrogen-bond donors (Lipinski definition) is 1. The summed E-state index contributed by atoms with van der Waals surface area (Å²) < 4.78 is 4.35. The Balaban J connectivity index is 1.58. The van der Waals surface area contributed by atoms with Gasteiger partial charge in [-0.1, -0.05) is 6.92 Å². The van der Waals surface area contributed by atoms with Crippen LogP contribution in [0.2, 0.25) is 0 Å². The SMILES string of the molecule is CCc1nsc(N2CCN(Cc3nc(C)ccc3O)CC2)n1. The third-order valence-corrected chi connectivity index (χ3v) is 4.69. The minimum absolute atomic E-state index is 0.282. The van der Waals surface area contributed by atoms with Crippen LogP contribution in [-0.4, -0.2) is 50.5 Å². The lowest BCUT2D eigenvalue weighted by atomic mass is 10.2. The first-order chi connectivity index (χ1) is 10.7. The molecule has 0 aliphatic carbocycles. The Hall–Kier alpha value is -1.73. The fraction of sp³-hybridized carbons (Fsp3) is 0.533. The smallest absolute Gasteiger partial charge is 0.205 e. The highest BCUT2D eigenvalue weighted by Gasteiger charge is 2.21. The zero-order valence-electron chi connectivity index (χ0n) is 13.0. The predicted molar refractivity (Wildman–Crippen MR) is 87.4 cm³/mol. The van der Waals surface area contributed by atoms with Gasteiger partial charge in [0.1, 0.15) is 11.6 Å². The van der Waals surface area contributed by atoms with Crippen molar-refractivity contribution in [3.63, 3.8) is 0 Å². The van der Waals surface area contributed by atoms with Crippen molar-refractivity contribution >= 4 is 16.7 Å². The van der Waals surface area contributed by atoms with E-state index in [4.69, 9.17) is 0 Å². The van der Waals surface area contributed by atoms with Gasteiger partial charge in [-0.15, -0.1) is 0 Å². The van der Waals surface area contributed by atoms with Gasteiger partial charge in [-0.2, -0.15) is 4.37 Å². The second-order valence-electron chi connectivity index (χ2n) is 5.53. The van der Waals surface area contributed by atoms with Crippen molar-refractivity contribution in [2.45, 2.75) is 26.8 Å². The maximum Gasteiger partial charge on any atom is 0.205 e. The van der Waals surface area contributed by atoms with Crippen LogP contribution in [0.1, 0.15) is 24.1 Å². The van der Waals surface area contributed by atoms with Crippen LogP contribution in [0.4, 0.5) is 5.13 Å². The fourth-order valence-electron chi connectivity index (χ4n) is 2.55. The van der Waals surface area contributed by atoms with Crippen molar-refractivity contribution in [2.75, 3.05) is 31.1 Å². The monoisotopic (exact) mass is 319 g/mol. The van der Waals surface area contributed by atoms with Gasteiger partial charge in [-0.05, 0) is 19.1 Å². The zero-order chi connectivity index (χ0) is 15.5. The number of aryl methyl sites for hydroxylation is 2. The Labute approximate surface area is 134 Å². The summed E-state index contributed by atoms with van der Waals surface area (Å²) in [5.74, 6) is 1.21. The van der Waals surface area contributed by atoms with Gasteiger partial charge in [-0.3, -0.25) is 9.88 Å². The maximum atomic E-state index is 9.91. The van der Waals surface area contributed by atoms with Crippen LogP contribution in [0.3, 0.4) is 0 Å². The first kappa shape index (κ1) is 15.2. The molecule has 0 unspecified atom stereocenters. The van der Waals surface area contributed by atoms with E-state index in [9.17, 15) is 5.11 Å². The Bertz CT molecular complexity index is 637. The standard InChI is InChI=1S/C15H21N5OS/c1-3-14-17-15(22-18-14)20-8-6-19(7-9-20)10-12-13(21)5-4-11(2)16-12/h4-5,21H,3,6-10H2,1-2H3. The normalized spacial score (nSPS) is 16.2. The molecule has 0 spiro atoms. The molecule has 1 saturated heterocycles. The molecule has 0 atom stereocenters. The molecule has 2 aromatic rings. The van der Waals surface area contributed by atoms with E-state index in [2.05, 4.69) is 31.1 Å². The van der Waals surface area contributed by atoms with Gasteiger partial charge >= 0.3 is 0 Å². The third kappa shape index (κ3) is 3.36. The van der Waals surface area contributed by atoms with E-state index in [1.807, 2.05) is 13.0 Å². The quantitative estimate of drug-likeness (QED) is 0.927. The summed E-state index contributed by atoms with van der Waals surface area (Å²) in [6, 6.07) is 3.55. The van der Waals surface area contributed by atoms with Crippen LogP contribution >= 0.6 is 11.5 Å². The van der Waals surface area contributed by atoms with E-state index >= 15 is 0 Å². The molecule has 0 bridgehead atoms. The molecule has 22 heavy (non-hydrogen) atoms. The van der Waals surface area contributed by atoms with Crippen molar-refractivity contribution in [2.24, 2.45) is 0 Å². The molecule has 118 valence electrons. The predicted octanol–water partition coefficient (Wildman–Crippen LogP) is 1.83. The van der Waals surface area contributed by atoms with Crippen LogP contribution in [0.15, 0.2) is 12.1 Å². The number of piperazine rings is 1. The summed E-state index contributed by atoms with van der Waals surface area (Å²) >= 11 is 1.48. The number of nitrogens with zero attached hydrogens (tertiary/aromatic N) is 5. The summed E-state index contributed by atoms with van der Waals surface area (Å²) in [5, 5.41) is 10.9. The molecular formula is C15H21N5OS. The molecule has 3 heterocycles. The second-order valence-corrected chi connectivity index (χ2v) is 6.26. The van der Waals surface area contributed by atoms with Gasteiger partial charge in [0, 0.05) is 56.4 Å². The molecule has 7 heteroatoms. The van der Waals surface area contributed by atoms with Crippen molar-refractivity contribution in [1.29, 1.82) is 0 Å². The molecule has 0 aromatic carbocycles. The van der Waals surface area contributed by atoms with Crippen molar-refractivity contribution < 1.29 is 5.11 Å². The van der Waals surface area contributed by atoms with E-state index in [1.54, 1.807) is 6.07 Å². The lowest BCUT2D eigenvalue weighted by Gasteiger charge is -2.34. The number of pyridine rings is 1. The van der Waals surface area contributed by atoms with Gasteiger partial charge in [-0.25, -0.2) is 4.98 Å². The molecule has 1 aliphatic rings. The molecule has 1 aliphatic heterocycles. The Kier molecular flexibility index (Phi) is 4.54. The lowest BCUT2D eigenvalue weighted by molar-refractivity contribution is 0.243. The molecule has 0 saturated carbocycles. The van der Waals surface area contributed by atoms with Crippen LogP contribution in [-0.2, 0) is 13.0 Å². The average molecular weight is 319 g/mol. The van der Waals surface area contributed by atoms with Crippen molar-refractivity contribution in [1.82, 2.24) is 19.2 Å². The summed E-state index contributed by atoms with van der Waals surface area (Å²) in [5.41, 5.74) is 1.70. The van der Waals surface area contributed by atoms with E-state index in [-0.39, 0.29) is 5.75 Å². The zero-order valence-corrected chi connectivity index (χ0v) is 13.8. The van der Waals surface area contributed by atoms with E-state index in [1.165, 1.54) is 11.5 Å². The Morgan fingerprint density at radius 1 is 1.18 bits per heavy atom. The molecule has 6 nitrogen and oxygen atoms in total. The van der Waals surface area contributed by atoms with Crippen LogP contribution in [0.25, 0.3) is 0 Å². The van der Waals surface area contributed by atoms with Gasteiger partial charge in [0.25, 0.3) is 0 Å². The van der Waals surface area contributed by atoms with E-state index in [0.29, 0.717) is 6.54 Å². The summed E-state index contributed by atoms with van der Waals surface area (Å²) in [6.07, 6.45) is 0.884. The largest absolute Gasteiger partial charge is 0.506 e. The fourth-order valence-corrected chi connectivity index (χ4v) is 3.35. The molecule has 1 N–H and O–H groups in total. The Morgan fingerprint density at radius 3 is 2.64 bits per heavy atom. The van der Waals surface area contributed by atoms with Crippen LogP contribution < -0.4 is 4.90 Å². The van der Waals surface area contributed by atoms with E-state index < -0.39 is 0 Å². The minimum Gasteiger partial charge on any atom is -0.506 e. The molecule has 2 aromatic heterocycles. The number of anilines is 1. The van der Waals surface area contributed by atoms with Crippen molar-refractivity contribution in [3.05, 3.63) is 29.3 Å². The van der Waals surface area contributed by atoms with Crippen LogP contribution in [0, 0.1) is 6.92 Å². The number of rotatable bonds is 4. The topological polar surface area (TPSA) is 65.4 Å². The van der Waals surface area contributed by atoms with Crippen molar-refractivity contribution in [3.8, 4) is 5.75 Å². The Morgan fingerprint density at radius 2 is 1.95 bits per heavy atom. The molecule has 0 radical (unpaired) electrons. The molecule has 3 rings (SSSR count). The summed E-state index contributed by atoms with van der Waals surface area (Å²) in [7, 11) is 0. The average Bonchev–Trinajstić information content (AvgIpc) is 3.01. The van der Waals surface area contributed by atoms with Gasteiger partial charge in [0.2, 0.25) is 5.13 Å². The molecular weight excluding hydrogens is 298 g/mol. The highest BCUT2D eigenvalue weighted by Crippen LogP contribution is 2.21. The number of aromatic nitrogens is 3. The van der Waals surface area contributed by atoms with Gasteiger partial charge in [0.05, 0.1) is 5.69 Å². The maximum absolute atomic E-state index is 9.91. The van der Waals surface area contributed by atoms with Gasteiger partial charge in [0.15, 0.2) is 0 Å². The number of aromatic hydroxyl groups is 1. The van der Waals surface area contributed by atoms with E-state index in [0.717, 1.165) is 54.9 Å².